The highest BCUT2D eigenvalue weighted by Gasteiger charge is 2.19. The predicted molar refractivity (Wildman–Crippen MR) is 82.5 cm³/mol. The number of thiocarbonyl (C=S) groups is 1. The largest absolute Gasteiger partial charge is 0.392 e. The lowest BCUT2D eigenvalue weighted by Crippen LogP contribution is -2.42. The van der Waals surface area contributed by atoms with E-state index < -0.39 is 9.84 Å². The number of hydrogen-bond acceptors (Lipinski definition) is 4. The molecule has 0 saturated carbocycles. The van der Waals surface area contributed by atoms with Gasteiger partial charge >= 0.3 is 0 Å². The molecule has 0 aromatic heterocycles. The molecule has 0 heterocycles. The molecule has 0 fully saturated rings. The van der Waals surface area contributed by atoms with E-state index in [1.807, 2.05) is 13.8 Å². The van der Waals surface area contributed by atoms with Crippen molar-refractivity contribution in [1.29, 1.82) is 0 Å². The van der Waals surface area contributed by atoms with E-state index in [0.717, 1.165) is 6.26 Å². The minimum atomic E-state index is -3.27. The van der Waals surface area contributed by atoms with Crippen LogP contribution >= 0.6 is 12.2 Å². The number of rotatable bonds is 5. The number of nitrogens with two attached hydrogens (primary N) is 1. The van der Waals surface area contributed by atoms with Gasteiger partial charge < -0.3 is 10.6 Å². The van der Waals surface area contributed by atoms with Crippen LogP contribution in [-0.2, 0) is 9.84 Å². The molecule has 0 radical (unpaired) electrons. The molecule has 1 rings (SSSR count). The van der Waals surface area contributed by atoms with Gasteiger partial charge in [-0.25, -0.2) is 8.42 Å². The van der Waals surface area contributed by atoms with Crippen LogP contribution in [0.15, 0.2) is 29.2 Å². The Hall–Kier alpha value is -1.47. The van der Waals surface area contributed by atoms with Crippen molar-refractivity contribution in [2.75, 3.05) is 12.8 Å². The van der Waals surface area contributed by atoms with Gasteiger partial charge in [0.2, 0.25) is 0 Å². The first-order valence-electron chi connectivity index (χ1n) is 6.02. The zero-order valence-electron chi connectivity index (χ0n) is 11.7. The molecule has 0 aliphatic heterocycles. The Morgan fingerprint density at radius 1 is 1.30 bits per heavy atom. The summed E-state index contributed by atoms with van der Waals surface area (Å²) < 4.78 is 22.7. The third kappa shape index (κ3) is 4.28. The number of hydrogen-bond donors (Lipinski definition) is 1. The number of carbonyl (C=O) groups excluding carboxylic acids is 1. The Kier molecular flexibility index (Phi) is 5.24. The van der Waals surface area contributed by atoms with Crippen molar-refractivity contribution in [2.24, 2.45) is 5.73 Å². The van der Waals surface area contributed by atoms with Crippen LogP contribution in [-0.4, -0.2) is 43.1 Å². The van der Waals surface area contributed by atoms with Gasteiger partial charge in [0.15, 0.2) is 9.84 Å². The summed E-state index contributed by atoms with van der Waals surface area (Å²) in [7, 11) is -3.27. The molecule has 0 bridgehead atoms. The van der Waals surface area contributed by atoms with Crippen molar-refractivity contribution >= 4 is 33.0 Å². The fourth-order valence-corrected chi connectivity index (χ4v) is 2.44. The van der Waals surface area contributed by atoms with E-state index in [0.29, 0.717) is 5.56 Å². The molecular formula is C13H18N2O3S2. The monoisotopic (exact) mass is 314 g/mol. The smallest absolute Gasteiger partial charge is 0.254 e. The van der Waals surface area contributed by atoms with Crippen LogP contribution in [0.3, 0.4) is 0 Å². The second kappa shape index (κ2) is 6.32. The van der Waals surface area contributed by atoms with Crippen molar-refractivity contribution in [3.05, 3.63) is 29.8 Å². The molecule has 0 spiro atoms. The maximum atomic E-state index is 12.3. The van der Waals surface area contributed by atoms with Crippen LogP contribution in [0.1, 0.15) is 24.2 Å². The quantitative estimate of drug-likeness (QED) is 0.827. The van der Waals surface area contributed by atoms with Gasteiger partial charge in [-0.3, -0.25) is 4.79 Å². The second-order valence-corrected chi connectivity index (χ2v) is 7.33. The SMILES string of the molecule is CC(C)N(CC(N)=S)C(=O)c1ccc(S(C)(=O)=O)cc1. The summed E-state index contributed by atoms with van der Waals surface area (Å²) in [5.41, 5.74) is 5.89. The maximum Gasteiger partial charge on any atom is 0.254 e. The molecule has 0 saturated heterocycles. The number of amides is 1. The standard InChI is InChI=1S/C13H18N2O3S2/c1-9(2)15(8-12(14)19)13(16)10-4-6-11(7-5-10)20(3,17)18/h4-7,9H,8H2,1-3H3,(H2,14,19). The van der Waals surface area contributed by atoms with Gasteiger partial charge in [0.1, 0.15) is 0 Å². The molecule has 2 N–H and O–H groups in total. The average Bonchev–Trinajstić information content (AvgIpc) is 2.33. The minimum Gasteiger partial charge on any atom is -0.392 e. The van der Waals surface area contributed by atoms with Crippen molar-refractivity contribution < 1.29 is 13.2 Å². The molecule has 0 unspecified atom stereocenters. The van der Waals surface area contributed by atoms with Gasteiger partial charge in [-0.2, -0.15) is 0 Å². The molecule has 110 valence electrons. The van der Waals surface area contributed by atoms with Crippen LogP contribution in [0.5, 0.6) is 0 Å². The van der Waals surface area contributed by atoms with E-state index in [1.165, 1.54) is 29.2 Å². The van der Waals surface area contributed by atoms with Crippen molar-refractivity contribution in [3.8, 4) is 0 Å². The molecule has 5 nitrogen and oxygen atoms in total. The highest BCUT2D eigenvalue weighted by atomic mass is 32.2. The van der Waals surface area contributed by atoms with Crippen molar-refractivity contribution in [2.45, 2.75) is 24.8 Å². The Bertz CT molecular complexity index is 607. The summed E-state index contributed by atoms with van der Waals surface area (Å²) in [6.45, 7) is 3.92. The fraction of sp³-hybridized carbons (Fsp3) is 0.385. The zero-order valence-corrected chi connectivity index (χ0v) is 13.3. The van der Waals surface area contributed by atoms with Crippen LogP contribution < -0.4 is 5.73 Å². The predicted octanol–water partition coefficient (Wildman–Crippen LogP) is 1.23. The average molecular weight is 314 g/mol. The van der Waals surface area contributed by atoms with Crippen LogP contribution in [0, 0.1) is 0 Å². The lowest BCUT2D eigenvalue weighted by atomic mass is 10.1. The van der Waals surface area contributed by atoms with Crippen LogP contribution in [0.25, 0.3) is 0 Å². The highest BCUT2D eigenvalue weighted by molar-refractivity contribution is 7.90. The summed E-state index contributed by atoms with van der Waals surface area (Å²) in [5, 5.41) is 0. The van der Waals surface area contributed by atoms with E-state index in [1.54, 1.807) is 0 Å². The Morgan fingerprint density at radius 2 is 1.80 bits per heavy atom. The summed E-state index contributed by atoms with van der Waals surface area (Å²) in [6, 6.07) is 5.77. The number of sulfone groups is 1. The normalized spacial score (nSPS) is 11.4. The topological polar surface area (TPSA) is 80.5 Å². The molecule has 0 aliphatic carbocycles. The van der Waals surface area contributed by atoms with E-state index in [2.05, 4.69) is 0 Å². The maximum absolute atomic E-state index is 12.3. The summed E-state index contributed by atoms with van der Waals surface area (Å²) in [6.07, 6.45) is 1.12. The highest BCUT2D eigenvalue weighted by Crippen LogP contribution is 2.13. The lowest BCUT2D eigenvalue weighted by Gasteiger charge is -2.26. The van der Waals surface area contributed by atoms with Gasteiger partial charge in [-0.05, 0) is 38.1 Å². The first kappa shape index (κ1) is 16.6. The van der Waals surface area contributed by atoms with Gasteiger partial charge in [0.25, 0.3) is 5.91 Å². The van der Waals surface area contributed by atoms with E-state index in [-0.39, 0.29) is 28.4 Å². The Labute approximate surface area is 124 Å². The molecule has 0 aliphatic rings. The molecule has 1 aromatic rings. The van der Waals surface area contributed by atoms with Gasteiger partial charge in [-0.1, -0.05) is 12.2 Å². The summed E-state index contributed by atoms with van der Waals surface area (Å²) in [5.74, 6) is -0.229. The van der Waals surface area contributed by atoms with Crippen LogP contribution in [0.4, 0.5) is 0 Å². The van der Waals surface area contributed by atoms with Gasteiger partial charge in [0.05, 0.1) is 16.4 Å². The fourth-order valence-electron chi connectivity index (χ4n) is 1.67. The first-order chi connectivity index (χ1) is 9.12. The molecule has 1 aromatic carbocycles. The van der Waals surface area contributed by atoms with Crippen LogP contribution in [0.2, 0.25) is 0 Å². The molecular weight excluding hydrogens is 296 g/mol. The number of benzene rings is 1. The van der Waals surface area contributed by atoms with Gasteiger partial charge in [-0.15, -0.1) is 0 Å². The molecule has 1 amide bonds. The third-order valence-corrected chi connectivity index (χ3v) is 4.00. The number of carbonyl (C=O) groups is 1. The van der Waals surface area contributed by atoms with E-state index in [9.17, 15) is 13.2 Å². The lowest BCUT2D eigenvalue weighted by molar-refractivity contribution is 0.0736. The minimum absolute atomic E-state index is 0.0569. The van der Waals surface area contributed by atoms with Gasteiger partial charge in [0, 0.05) is 17.9 Å². The van der Waals surface area contributed by atoms with E-state index in [4.69, 9.17) is 18.0 Å². The Morgan fingerprint density at radius 3 is 2.15 bits per heavy atom. The molecule has 20 heavy (non-hydrogen) atoms. The zero-order chi connectivity index (χ0) is 15.5. The first-order valence-corrected chi connectivity index (χ1v) is 8.32. The number of nitrogens with zero attached hydrogens (tertiary/aromatic N) is 1. The van der Waals surface area contributed by atoms with Crippen molar-refractivity contribution in [1.82, 2.24) is 4.90 Å². The Balaban J connectivity index is 3.04. The van der Waals surface area contributed by atoms with Crippen molar-refractivity contribution in [3.63, 3.8) is 0 Å². The second-order valence-electron chi connectivity index (χ2n) is 4.79. The third-order valence-electron chi connectivity index (χ3n) is 2.74. The van der Waals surface area contributed by atoms with E-state index >= 15 is 0 Å². The molecule has 0 atom stereocenters. The summed E-state index contributed by atoms with van der Waals surface area (Å²) >= 11 is 4.83. The summed E-state index contributed by atoms with van der Waals surface area (Å²) in [4.78, 5) is 14.3. The molecule has 7 heteroatoms.